The third kappa shape index (κ3) is 3.19. The van der Waals surface area contributed by atoms with Crippen molar-refractivity contribution in [1.29, 1.82) is 5.41 Å². The molecule has 0 unspecified atom stereocenters. The minimum absolute atomic E-state index is 0.426. The van der Waals surface area contributed by atoms with E-state index >= 15 is 0 Å². The number of aliphatic imine (C=N–C) groups is 1. The van der Waals surface area contributed by atoms with Crippen molar-refractivity contribution in [3.63, 3.8) is 0 Å². The lowest BCUT2D eigenvalue weighted by Crippen LogP contribution is -1.89. The largest absolute Gasteiger partial charge is 0.282 e. The van der Waals surface area contributed by atoms with Crippen molar-refractivity contribution in [2.45, 2.75) is 20.8 Å². The van der Waals surface area contributed by atoms with Crippen LogP contribution in [0.2, 0.25) is 0 Å². The second-order valence-corrected chi connectivity index (χ2v) is 5.58. The number of allylic oxidation sites excluding steroid dienone is 1. The zero-order chi connectivity index (χ0) is 9.84. The molecule has 0 aromatic rings. The number of hydrogen-bond donors (Lipinski definition) is 1. The van der Waals surface area contributed by atoms with Crippen LogP contribution in [-0.2, 0) is 0 Å². The predicted molar refractivity (Wildman–Crippen MR) is 63.8 cm³/mol. The van der Waals surface area contributed by atoms with Crippen LogP contribution >= 0.6 is 23.5 Å². The number of amidine groups is 1. The summed E-state index contributed by atoms with van der Waals surface area (Å²) in [5.74, 6) is 1.94. The van der Waals surface area contributed by atoms with Gasteiger partial charge in [0.25, 0.3) is 0 Å². The average molecular weight is 214 g/mol. The molecule has 0 saturated heterocycles. The van der Waals surface area contributed by atoms with Crippen molar-refractivity contribution in [1.82, 2.24) is 0 Å². The van der Waals surface area contributed by atoms with Gasteiger partial charge in [0.2, 0.25) is 0 Å². The van der Waals surface area contributed by atoms with Crippen molar-refractivity contribution < 1.29 is 0 Å². The van der Waals surface area contributed by atoms with Gasteiger partial charge in [-0.05, 0) is 11.7 Å². The number of hydrogen-bond acceptors (Lipinski definition) is 3. The highest BCUT2D eigenvalue weighted by Gasteiger charge is 2.18. The van der Waals surface area contributed by atoms with Gasteiger partial charge in [-0.1, -0.05) is 50.4 Å². The summed E-state index contributed by atoms with van der Waals surface area (Å²) in [4.78, 5) is 5.18. The molecule has 0 spiro atoms. The van der Waals surface area contributed by atoms with Crippen LogP contribution in [0.3, 0.4) is 0 Å². The summed E-state index contributed by atoms with van der Waals surface area (Å²) in [5.41, 5.74) is 0. The maximum Gasteiger partial charge on any atom is 0.160 e. The lowest BCUT2D eigenvalue weighted by atomic mass is 10.2. The Labute approximate surface area is 87.8 Å². The normalized spacial score (nSPS) is 20.2. The summed E-state index contributed by atoms with van der Waals surface area (Å²) in [6.45, 7) is 6.33. The Kier molecular flexibility index (Phi) is 4.06. The van der Waals surface area contributed by atoms with Crippen LogP contribution in [0, 0.1) is 11.3 Å². The fourth-order valence-electron chi connectivity index (χ4n) is 0.913. The summed E-state index contributed by atoms with van der Waals surface area (Å²) >= 11 is 3.33. The summed E-state index contributed by atoms with van der Waals surface area (Å²) in [7, 11) is 0. The van der Waals surface area contributed by atoms with Gasteiger partial charge >= 0.3 is 0 Å². The first-order valence-electron chi connectivity index (χ1n) is 4.33. The molecule has 0 radical (unpaired) electrons. The van der Waals surface area contributed by atoms with Crippen LogP contribution < -0.4 is 0 Å². The molecule has 0 bridgehead atoms. The Balaban J connectivity index is 2.64. The molecule has 2 nitrogen and oxygen atoms in total. The summed E-state index contributed by atoms with van der Waals surface area (Å²) < 4.78 is 1.01. The van der Waals surface area contributed by atoms with E-state index in [-0.39, 0.29) is 0 Å². The monoisotopic (exact) mass is 214 g/mol. The van der Waals surface area contributed by atoms with E-state index < -0.39 is 0 Å². The molecule has 0 aliphatic carbocycles. The number of nitrogens with one attached hydrogen (secondary N) is 1. The van der Waals surface area contributed by atoms with Crippen LogP contribution in [0.4, 0.5) is 0 Å². The smallest absolute Gasteiger partial charge is 0.160 e. The quantitative estimate of drug-likeness (QED) is 0.765. The Morgan fingerprint density at radius 2 is 2.31 bits per heavy atom. The molecule has 1 aliphatic rings. The first kappa shape index (κ1) is 10.9. The molecule has 0 fully saturated rings. The van der Waals surface area contributed by atoms with Gasteiger partial charge in [-0.2, -0.15) is 0 Å². The first-order valence-corrected chi connectivity index (χ1v) is 6.13. The fraction of sp³-hybridized carbons (Fsp3) is 0.556. The van der Waals surface area contributed by atoms with E-state index in [2.05, 4.69) is 31.8 Å². The SMILES string of the molecule is CCSC1=NC(=N)/C(=C/C(C)C)S1. The number of nitrogens with zero attached hydrogens (tertiary/aromatic N) is 1. The van der Waals surface area contributed by atoms with E-state index in [0.29, 0.717) is 11.8 Å². The second-order valence-electron chi connectivity index (χ2n) is 3.04. The van der Waals surface area contributed by atoms with Gasteiger partial charge in [0.05, 0.1) is 4.91 Å². The number of rotatable bonds is 2. The van der Waals surface area contributed by atoms with Crippen LogP contribution in [0.1, 0.15) is 20.8 Å². The van der Waals surface area contributed by atoms with Gasteiger partial charge in [-0.25, -0.2) is 4.99 Å². The molecule has 1 N–H and O–H groups in total. The highest BCUT2D eigenvalue weighted by atomic mass is 32.2. The predicted octanol–water partition coefficient (Wildman–Crippen LogP) is 3.36. The molecule has 0 aromatic heterocycles. The first-order chi connectivity index (χ1) is 6.13. The third-order valence-electron chi connectivity index (χ3n) is 1.39. The Bertz CT molecular complexity index is 267. The molecule has 72 valence electrons. The molecular formula is C9H14N2S2. The summed E-state index contributed by atoms with van der Waals surface area (Å²) in [6, 6.07) is 0. The number of thioether (sulfide) groups is 2. The third-order valence-corrected chi connectivity index (χ3v) is 3.43. The molecule has 0 amide bonds. The molecule has 0 aromatic carbocycles. The van der Waals surface area contributed by atoms with Gasteiger partial charge in [0.15, 0.2) is 5.84 Å². The maximum absolute atomic E-state index is 7.62. The van der Waals surface area contributed by atoms with E-state index in [1.165, 1.54) is 0 Å². The molecule has 0 atom stereocenters. The highest BCUT2D eigenvalue weighted by Crippen LogP contribution is 2.32. The van der Waals surface area contributed by atoms with Crippen molar-refractivity contribution >= 4 is 33.7 Å². The molecule has 1 aliphatic heterocycles. The summed E-state index contributed by atoms with van der Waals surface area (Å²) in [5, 5.41) is 7.62. The average Bonchev–Trinajstić information content (AvgIpc) is 2.31. The Morgan fingerprint density at radius 3 is 2.85 bits per heavy atom. The minimum Gasteiger partial charge on any atom is -0.282 e. The Hall–Kier alpha value is -0.220. The zero-order valence-electron chi connectivity index (χ0n) is 8.13. The van der Waals surface area contributed by atoms with E-state index in [9.17, 15) is 0 Å². The second kappa shape index (κ2) is 4.86. The Morgan fingerprint density at radius 1 is 1.62 bits per heavy atom. The summed E-state index contributed by atoms with van der Waals surface area (Å²) in [6.07, 6.45) is 2.10. The minimum atomic E-state index is 0.426. The van der Waals surface area contributed by atoms with E-state index in [0.717, 1.165) is 15.0 Å². The highest BCUT2D eigenvalue weighted by molar-refractivity contribution is 8.41. The fourth-order valence-corrected chi connectivity index (χ4v) is 2.98. The molecule has 0 saturated carbocycles. The van der Waals surface area contributed by atoms with E-state index in [4.69, 9.17) is 5.41 Å². The van der Waals surface area contributed by atoms with Crippen molar-refractivity contribution in [2.24, 2.45) is 10.9 Å². The molecular weight excluding hydrogens is 200 g/mol. The molecule has 1 rings (SSSR count). The van der Waals surface area contributed by atoms with Crippen LogP contribution in [0.25, 0.3) is 0 Å². The van der Waals surface area contributed by atoms with Gasteiger partial charge in [0.1, 0.15) is 4.38 Å². The van der Waals surface area contributed by atoms with Crippen molar-refractivity contribution in [3.8, 4) is 0 Å². The van der Waals surface area contributed by atoms with Gasteiger partial charge in [0, 0.05) is 0 Å². The lowest BCUT2D eigenvalue weighted by Gasteiger charge is -1.98. The zero-order valence-corrected chi connectivity index (χ0v) is 9.76. The van der Waals surface area contributed by atoms with Crippen molar-refractivity contribution in [3.05, 3.63) is 11.0 Å². The van der Waals surface area contributed by atoms with Crippen LogP contribution in [0.15, 0.2) is 16.0 Å². The maximum atomic E-state index is 7.62. The molecule has 4 heteroatoms. The van der Waals surface area contributed by atoms with Gasteiger partial charge in [-0.15, -0.1) is 0 Å². The molecule has 1 heterocycles. The van der Waals surface area contributed by atoms with E-state index in [1.807, 2.05) is 0 Å². The molecule has 13 heavy (non-hydrogen) atoms. The van der Waals surface area contributed by atoms with Crippen LogP contribution in [-0.4, -0.2) is 16.0 Å². The topological polar surface area (TPSA) is 36.2 Å². The van der Waals surface area contributed by atoms with Gasteiger partial charge < -0.3 is 0 Å². The van der Waals surface area contributed by atoms with Crippen molar-refractivity contribution in [2.75, 3.05) is 5.75 Å². The lowest BCUT2D eigenvalue weighted by molar-refractivity contribution is 0.831. The van der Waals surface area contributed by atoms with Gasteiger partial charge in [-0.3, -0.25) is 5.41 Å². The van der Waals surface area contributed by atoms with Crippen LogP contribution in [0.5, 0.6) is 0 Å². The standard InChI is InChI=1S/C9H14N2S2/c1-4-12-9-11-8(10)7(13-9)5-6(2)3/h5-6,10H,4H2,1-3H3/b7-5-,10-8?. The van der Waals surface area contributed by atoms with E-state index in [1.54, 1.807) is 23.5 Å².